The summed E-state index contributed by atoms with van der Waals surface area (Å²) < 4.78 is 4.50. The predicted octanol–water partition coefficient (Wildman–Crippen LogP) is 0.978. The van der Waals surface area contributed by atoms with E-state index in [2.05, 4.69) is 9.53 Å². The van der Waals surface area contributed by atoms with Crippen LogP contribution in [0.15, 0.2) is 0 Å². The SMILES string of the molecule is CCCC(=[N+]=[N-])OC(C)=O. The van der Waals surface area contributed by atoms with Crippen LogP contribution in [0.25, 0.3) is 5.53 Å². The Morgan fingerprint density at radius 3 is 2.60 bits per heavy atom. The minimum atomic E-state index is -0.457. The summed E-state index contributed by atoms with van der Waals surface area (Å²) >= 11 is 0. The van der Waals surface area contributed by atoms with Gasteiger partial charge < -0.3 is 10.3 Å². The van der Waals surface area contributed by atoms with Crippen molar-refractivity contribution in [1.29, 1.82) is 0 Å². The quantitative estimate of drug-likeness (QED) is 0.190. The standard InChI is InChI=1S/C6H10N2O2/c1-3-4-6(8-7)10-5(2)9/h3-4H2,1-2H3. The lowest BCUT2D eigenvalue weighted by Crippen LogP contribution is -2.09. The Balaban J connectivity index is 3.86. The zero-order chi connectivity index (χ0) is 7.98. The van der Waals surface area contributed by atoms with E-state index in [0.29, 0.717) is 6.42 Å². The second kappa shape index (κ2) is 4.70. The Hall–Kier alpha value is -1.15. The minimum Gasteiger partial charge on any atom is -0.362 e. The Labute approximate surface area is 59.4 Å². The second-order valence-electron chi connectivity index (χ2n) is 1.84. The second-order valence-corrected chi connectivity index (χ2v) is 1.84. The third kappa shape index (κ3) is 3.80. The van der Waals surface area contributed by atoms with Gasteiger partial charge in [0.1, 0.15) is 0 Å². The molecular formula is C6H10N2O2. The number of rotatable bonds is 2. The summed E-state index contributed by atoms with van der Waals surface area (Å²) in [6.07, 6.45) is 1.27. The molecule has 0 saturated carbocycles. The summed E-state index contributed by atoms with van der Waals surface area (Å²) in [6.45, 7) is 3.16. The van der Waals surface area contributed by atoms with Crippen LogP contribution in [0.5, 0.6) is 0 Å². The highest BCUT2D eigenvalue weighted by Gasteiger charge is 2.09. The lowest BCUT2D eigenvalue weighted by molar-refractivity contribution is -0.138. The molecule has 0 aromatic heterocycles. The maximum atomic E-state index is 10.3. The van der Waals surface area contributed by atoms with Crippen LogP contribution < -0.4 is 0 Å². The summed E-state index contributed by atoms with van der Waals surface area (Å²) in [4.78, 5) is 13.1. The van der Waals surface area contributed by atoms with Gasteiger partial charge in [0.05, 0.1) is 6.42 Å². The fourth-order valence-corrected chi connectivity index (χ4v) is 0.501. The molecule has 4 heteroatoms. The summed E-state index contributed by atoms with van der Waals surface area (Å²) in [5, 5.41) is 0. The molecule has 0 N–H and O–H groups in total. The highest BCUT2D eigenvalue weighted by atomic mass is 16.5. The van der Waals surface area contributed by atoms with E-state index in [4.69, 9.17) is 5.53 Å². The van der Waals surface area contributed by atoms with Crippen molar-refractivity contribution in [2.75, 3.05) is 0 Å². The highest BCUT2D eigenvalue weighted by Crippen LogP contribution is 1.90. The van der Waals surface area contributed by atoms with E-state index in [-0.39, 0.29) is 5.90 Å². The molecule has 0 spiro atoms. The third-order valence-electron chi connectivity index (χ3n) is 0.837. The normalized spacial score (nSPS) is 8.20. The summed E-state index contributed by atoms with van der Waals surface area (Å²) in [5.41, 5.74) is 8.22. The summed E-state index contributed by atoms with van der Waals surface area (Å²) in [7, 11) is 0. The molecule has 0 aromatic carbocycles. The molecule has 0 radical (unpaired) electrons. The van der Waals surface area contributed by atoms with Gasteiger partial charge in [-0.05, 0) is 6.42 Å². The van der Waals surface area contributed by atoms with Gasteiger partial charge in [0.15, 0.2) is 0 Å². The largest absolute Gasteiger partial charge is 0.457 e. The Morgan fingerprint density at radius 2 is 2.30 bits per heavy atom. The smallest absolute Gasteiger partial charge is 0.362 e. The lowest BCUT2D eigenvalue weighted by Gasteiger charge is -1.90. The first-order valence-electron chi connectivity index (χ1n) is 3.10. The first-order chi connectivity index (χ1) is 4.70. The van der Waals surface area contributed by atoms with Gasteiger partial charge >= 0.3 is 11.9 Å². The van der Waals surface area contributed by atoms with Gasteiger partial charge in [-0.3, -0.25) is 4.79 Å². The summed E-state index contributed by atoms with van der Waals surface area (Å²) in [6, 6.07) is 0. The predicted molar refractivity (Wildman–Crippen MR) is 35.3 cm³/mol. The monoisotopic (exact) mass is 142 g/mol. The van der Waals surface area contributed by atoms with Crippen molar-refractivity contribution in [2.45, 2.75) is 26.7 Å². The fraction of sp³-hybridized carbons (Fsp3) is 0.667. The maximum absolute atomic E-state index is 10.3. The van der Waals surface area contributed by atoms with Crippen LogP contribution in [0, 0.1) is 0 Å². The highest BCUT2D eigenvalue weighted by molar-refractivity contribution is 5.84. The molecule has 0 aliphatic rings. The number of esters is 1. The van der Waals surface area contributed by atoms with Crippen molar-refractivity contribution in [3.8, 4) is 0 Å². The molecule has 10 heavy (non-hydrogen) atoms. The Morgan fingerprint density at radius 1 is 1.70 bits per heavy atom. The van der Waals surface area contributed by atoms with E-state index in [9.17, 15) is 4.79 Å². The van der Waals surface area contributed by atoms with E-state index in [1.807, 2.05) is 6.92 Å². The van der Waals surface area contributed by atoms with Crippen molar-refractivity contribution < 1.29 is 14.3 Å². The van der Waals surface area contributed by atoms with Crippen LogP contribution >= 0.6 is 0 Å². The molecule has 0 saturated heterocycles. The Kier molecular flexibility index (Phi) is 4.16. The molecule has 0 aromatic rings. The fourth-order valence-electron chi connectivity index (χ4n) is 0.501. The van der Waals surface area contributed by atoms with Gasteiger partial charge in [0, 0.05) is 6.92 Å². The van der Waals surface area contributed by atoms with Crippen LogP contribution in [0.4, 0.5) is 0 Å². The van der Waals surface area contributed by atoms with E-state index in [0.717, 1.165) is 6.42 Å². The minimum absolute atomic E-state index is 0.0787. The molecule has 56 valence electrons. The molecule has 0 aliphatic heterocycles. The van der Waals surface area contributed by atoms with Crippen molar-refractivity contribution in [1.82, 2.24) is 0 Å². The van der Waals surface area contributed by atoms with E-state index in [1.54, 1.807) is 0 Å². The van der Waals surface area contributed by atoms with Crippen molar-refractivity contribution >= 4 is 11.9 Å². The molecule has 0 rings (SSSR count). The number of nitrogens with zero attached hydrogens (tertiary/aromatic N) is 2. The maximum Gasteiger partial charge on any atom is 0.457 e. The van der Waals surface area contributed by atoms with Gasteiger partial charge in [-0.15, -0.1) is 4.79 Å². The molecule has 0 bridgehead atoms. The molecule has 0 aliphatic carbocycles. The number of hydrogen-bond acceptors (Lipinski definition) is 2. The first-order valence-corrected chi connectivity index (χ1v) is 3.10. The van der Waals surface area contributed by atoms with Crippen LogP contribution in [-0.4, -0.2) is 16.7 Å². The first kappa shape index (κ1) is 8.85. The van der Waals surface area contributed by atoms with Gasteiger partial charge in [-0.1, -0.05) is 6.92 Å². The molecule has 0 atom stereocenters. The van der Waals surface area contributed by atoms with Crippen molar-refractivity contribution in [3.05, 3.63) is 5.53 Å². The number of hydrogen-bond donors (Lipinski definition) is 0. The number of carbonyl (C=O) groups excluding carboxylic acids is 1. The van der Waals surface area contributed by atoms with Gasteiger partial charge in [0.25, 0.3) is 0 Å². The molecule has 0 fully saturated rings. The molecule has 0 unspecified atom stereocenters. The number of ether oxygens (including phenoxy) is 1. The molecule has 0 amide bonds. The lowest BCUT2D eigenvalue weighted by atomic mass is 10.3. The number of carbonyl (C=O) groups is 1. The summed E-state index contributed by atoms with van der Waals surface area (Å²) in [5.74, 6) is -0.378. The molecular weight excluding hydrogens is 132 g/mol. The average Bonchev–Trinajstić information content (AvgIpc) is 1.86. The van der Waals surface area contributed by atoms with Crippen LogP contribution in [-0.2, 0) is 9.53 Å². The third-order valence-corrected chi connectivity index (χ3v) is 0.837. The molecule has 0 heterocycles. The topological polar surface area (TPSA) is 62.7 Å². The van der Waals surface area contributed by atoms with E-state index < -0.39 is 5.97 Å². The van der Waals surface area contributed by atoms with Crippen molar-refractivity contribution in [3.63, 3.8) is 0 Å². The van der Waals surface area contributed by atoms with E-state index >= 15 is 0 Å². The zero-order valence-corrected chi connectivity index (χ0v) is 6.13. The zero-order valence-electron chi connectivity index (χ0n) is 6.13. The van der Waals surface area contributed by atoms with Crippen LogP contribution in [0.1, 0.15) is 26.7 Å². The van der Waals surface area contributed by atoms with Gasteiger partial charge in [-0.2, -0.15) is 0 Å². The van der Waals surface area contributed by atoms with Crippen LogP contribution in [0.2, 0.25) is 0 Å². The van der Waals surface area contributed by atoms with Crippen LogP contribution in [0.3, 0.4) is 0 Å². The van der Waals surface area contributed by atoms with E-state index in [1.165, 1.54) is 6.92 Å². The molecule has 4 nitrogen and oxygen atoms in total. The van der Waals surface area contributed by atoms with Crippen molar-refractivity contribution in [2.24, 2.45) is 0 Å². The van der Waals surface area contributed by atoms with Gasteiger partial charge in [-0.25, -0.2) is 0 Å². The van der Waals surface area contributed by atoms with Gasteiger partial charge in [0.2, 0.25) is 0 Å². The average molecular weight is 142 g/mol. The Bertz CT molecular complexity index is 171.